The van der Waals surface area contributed by atoms with Crippen molar-refractivity contribution in [1.29, 1.82) is 0 Å². The number of rotatable bonds is 1. The molecule has 1 aliphatic rings. The second kappa shape index (κ2) is 3.55. The minimum absolute atomic E-state index is 0.0371. The van der Waals surface area contributed by atoms with Crippen LogP contribution in [0.3, 0.4) is 0 Å². The first-order chi connectivity index (χ1) is 7.11. The van der Waals surface area contributed by atoms with Crippen LogP contribution in [0.25, 0.3) is 0 Å². The van der Waals surface area contributed by atoms with Gasteiger partial charge in [0.2, 0.25) is 0 Å². The molecule has 0 fully saturated rings. The van der Waals surface area contributed by atoms with Gasteiger partial charge in [0.1, 0.15) is 11.7 Å². The molecule has 0 saturated carbocycles. The summed E-state index contributed by atoms with van der Waals surface area (Å²) in [5.74, 6) is -1.71. The molecule has 0 heterocycles. The van der Waals surface area contributed by atoms with E-state index in [1.807, 2.05) is 6.07 Å². The van der Waals surface area contributed by atoms with E-state index in [0.717, 1.165) is 12.0 Å². The van der Waals surface area contributed by atoms with Crippen LogP contribution in [-0.4, -0.2) is 22.2 Å². The fourth-order valence-corrected chi connectivity index (χ4v) is 2.19. The molecule has 2 atom stereocenters. The van der Waals surface area contributed by atoms with E-state index in [2.05, 4.69) is 0 Å². The van der Waals surface area contributed by atoms with Gasteiger partial charge in [-0.1, -0.05) is 12.1 Å². The molecule has 2 unspecified atom stereocenters. The van der Waals surface area contributed by atoms with E-state index in [1.54, 1.807) is 6.07 Å². The van der Waals surface area contributed by atoms with Crippen LogP contribution in [0.2, 0.25) is 0 Å². The number of carboxylic acid groups (broad SMARTS) is 1. The van der Waals surface area contributed by atoms with E-state index >= 15 is 0 Å². The Morgan fingerprint density at radius 1 is 1.47 bits per heavy atom. The number of fused-ring (bicyclic) bond motifs is 1. The lowest BCUT2D eigenvalue weighted by atomic mass is 9.79. The zero-order valence-electron chi connectivity index (χ0n) is 8.18. The van der Waals surface area contributed by atoms with Crippen molar-refractivity contribution in [3.8, 4) is 5.75 Å². The van der Waals surface area contributed by atoms with Gasteiger partial charge in [0, 0.05) is 11.6 Å². The number of aliphatic carboxylic acids is 1. The number of hydrogen-bond donors (Lipinski definition) is 3. The number of phenols is 1. The Morgan fingerprint density at radius 2 is 2.20 bits per heavy atom. The van der Waals surface area contributed by atoms with Crippen LogP contribution in [0.4, 0.5) is 0 Å². The van der Waals surface area contributed by atoms with Crippen LogP contribution in [0.15, 0.2) is 18.2 Å². The number of aromatic hydroxyl groups is 1. The van der Waals surface area contributed by atoms with E-state index in [4.69, 9.17) is 10.8 Å². The smallest absolute Gasteiger partial charge is 0.312 e. The van der Waals surface area contributed by atoms with Crippen molar-refractivity contribution in [2.75, 3.05) is 0 Å². The van der Waals surface area contributed by atoms with E-state index in [-0.39, 0.29) is 5.75 Å². The molecule has 2 rings (SSSR count). The number of carbonyl (C=O) groups is 1. The van der Waals surface area contributed by atoms with Gasteiger partial charge in [-0.3, -0.25) is 4.79 Å². The number of nitrogens with two attached hydrogens (primary N) is 1. The Balaban J connectivity index is 2.55. The number of carboxylic acids is 1. The molecule has 1 aliphatic carbocycles. The molecule has 0 spiro atoms. The number of hydrogen-bond acceptors (Lipinski definition) is 3. The Hall–Kier alpha value is -1.55. The van der Waals surface area contributed by atoms with Crippen LogP contribution < -0.4 is 5.73 Å². The van der Waals surface area contributed by atoms with Gasteiger partial charge in [-0.05, 0) is 24.5 Å². The predicted molar refractivity (Wildman–Crippen MR) is 54.8 cm³/mol. The van der Waals surface area contributed by atoms with Crippen LogP contribution in [0.5, 0.6) is 5.75 Å². The first kappa shape index (κ1) is 9.98. The minimum atomic E-state index is -0.968. The standard InChI is InChI=1S/C11H13NO3/c12-7-5-4-6-2-1-3-8(13)9(6)10(7)11(14)15/h1-3,7,10,13H,4-5,12H2,(H,14,15). The van der Waals surface area contributed by atoms with Crippen LogP contribution in [0, 0.1) is 0 Å². The summed E-state index contributed by atoms with van der Waals surface area (Å²) in [4.78, 5) is 11.1. The summed E-state index contributed by atoms with van der Waals surface area (Å²) < 4.78 is 0. The highest BCUT2D eigenvalue weighted by molar-refractivity contribution is 5.79. The molecule has 0 aliphatic heterocycles. The number of phenolic OH excluding ortho intramolecular Hbond substituents is 1. The maximum absolute atomic E-state index is 11.1. The lowest BCUT2D eigenvalue weighted by Gasteiger charge is -2.28. The fraction of sp³-hybridized carbons (Fsp3) is 0.364. The maximum atomic E-state index is 11.1. The van der Waals surface area contributed by atoms with Crippen LogP contribution >= 0.6 is 0 Å². The van der Waals surface area contributed by atoms with Crippen LogP contribution in [0.1, 0.15) is 23.5 Å². The van der Waals surface area contributed by atoms with Gasteiger partial charge in [-0.15, -0.1) is 0 Å². The molecular formula is C11H13NO3. The highest BCUT2D eigenvalue weighted by atomic mass is 16.4. The molecule has 0 aromatic heterocycles. The third-order valence-corrected chi connectivity index (χ3v) is 2.93. The molecule has 0 amide bonds. The second-order valence-corrected chi connectivity index (χ2v) is 3.87. The van der Waals surface area contributed by atoms with Gasteiger partial charge < -0.3 is 15.9 Å². The van der Waals surface area contributed by atoms with E-state index in [1.165, 1.54) is 6.07 Å². The van der Waals surface area contributed by atoms with Crippen molar-refractivity contribution in [3.05, 3.63) is 29.3 Å². The fourth-order valence-electron chi connectivity index (χ4n) is 2.19. The summed E-state index contributed by atoms with van der Waals surface area (Å²) in [5.41, 5.74) is 7.15. The lowest BCUT2D eigenvalue weighted by molar-refractivity contribution is -0.139. The molecule has 1 aromatic carbocycles. The van der Waals surface area contributed by atoms with E-state index < -0.39 is 17.9 Å². The van der Waals surface area contributed by atoms with Gasteiger partial charge in [-0.2, -0.15) is 0 Å². The van der Waals surface area contributed by atoms with Gasteiger partial charge in [0.15, 0.2) is 0 Å². The Kier molecular flexibility index (Phi) is 2.36. The van der Waals surface area contributed by atoms with E-state index in [0.29, 0.717) is 12.0 Å². The summed E-state index contributed by atoms with van der Waals surface area (Å²) in [5, 5.41) is 18.8. The van der Waals surface area contributed by atoms with Crippen LogP contribution in [-0.2, 0) is 11.2 Å². The Morgan fingerprint density at radius 3 is 2.87 bits per heavy atom. The third kappa shape index (κ3) is 1.57. The summed E-state index contributed by atoms with van der Waals surface area (Å²) in [6.07, 6.45) is 1.38. The lowest BCUT2D eigenvalue weighted by Crippen LogP contribution is -2.37. The minimum Gasteiger partial charge on any atom is -0.508 e. The summed E-state index contributed by atoms with van der Waals surface area (Å²) in [7, 11) is 0. The zero-order chi connectivity index (χ0) is 11.0. The molecule has 4 heteroatoms. The third-order valence-electron chi connectivity index (χ3n) is 2.93. The average Bonchev–Trinajstić information content (AvgIpc) is 2.18. The first-order valence-corrected chi connectivity index (χ1v) is 4.90. The van der Waals surface area contributed by atoms with E-state index in [9.17, 15) is 9.90 Å². The molecule has 15 heavy (non-hydrogen) atoms. The zero-order valence-corrected chi connectivity index (χ0v) is 8.18. The topological polar surface area (TPSA) is 83.5 Å². The van der Waals surface area contributed by atoms with Crippen molar-refractivity contribution >= 4 is 5.97 Å². The predicted octanol–water partition coefficient (Wildman–Crippen LogP) is 0.834. The average molecular weight is 207 g/mol. The number of benzene rings is 1. The molecule has 4 nitrogen and oxygen atoms in total. The molecule has 80 valence electrons. The summed E-state index contributed by atoms with van der Waals surface area (Å²) >= 11 is 0. The second-order valence-electron chi connectivity index (χ2n) is 3.87. The Labute approximate surface area is 87.3 Å². The van der Waals surface area contributed by atoms with Gasteiger partial charge in [0.05, 0.1) is 0 Å². The van der Waals surface area contributed by atoms with Crippen molar-refractivity contribution in [2.24, 2.45) is 5.73 Å². The molecule has 0 bridgehead atoms. The first-order valence-electron chi connectivity index (χ1n) is 4.90. The normalized spacial score (nSPS) is 24.6. The molecule has 0 radical (unpaired) electrons. The SMILES string of the molecule is NC1CCc2cccc(O)c2C1C(=O)O. The van der Waals surface area contributed by atoms with Crippen molar-refractivity contribution in [1.82, 2.24) is 0 Å². The molecular weight excluding hydrogens is 194 g/mol. The molecule has 4 N–H and O–H groups in total. The van der Waals surface area contributed by atoms with Crippen molar-refractivity contribution in [2.45, 2.75) is 24.8 Å². The van der Waals surface area contributed by atoms with Crippen molar-refractivity contribution in [3.63, 3.8) is 0 Å². The van der Waals surface area contributed by atoms with Gasteiger partial charge in [0.25, 0.3) is 0 Å². The number of aryl methyl sites for hydroxylation is 1. The summed E-state index contributed by atoms with van der Waals surface area (Å²) in [6.45, 7) is 0. The highest BCUT2D eigenvalue weighted by Crippen LogP contribution is 2.36. The monoisotopic (exact) mass is 207 g/mol. The summed E-state index contributed by atoms with van der Waals surface area (Å²) in [6, 6.07) is 4.66. The Bertz CT molecular complexity index is 403. The highest BCUT2D eigenvalue weighted by Gasteiger charge is 2.34. The largest absolute Gasteiger partial charge is 0.508 e. The maximum Gasteiger partial charge on any atom is 0.312 e. The van der Waals surface area contributed by atoms with Crippen molar-refractivity contribution < 1.29 is 15.0 Å². The van der Waals surface area contributed by atoms with Gasteiger partial charge in [-0.25, -0.2) is 0 Å². The molecule has 1 aromatic rings. The quantitative estimate of drug-likeness (QED) is 0.637. The molecule has 0 saturated heterocycles. The van der Waals surface area contributed by atoms with Gasteiger partial charge >= 0.3 is 5.97 Å².